The van der Waals surface area contributed by atoms with Crippen LogP contribution in [-0.2, 0) is 20.4 Å². The molecule has 0 radical (unpaired) electrons. The summed E-state index contributed by atoms with van der Waals surface area (Å²) in [7, 11) is 1.69. The van der Waals surface area contributed by atoms with Crippen LogP contribution in [0.4, 0.5) is 0 Å². The molecule has 1 aromatic carbocycles. The summed E-state index contributed by atoms with van der Waals surface area (Å²) in [4.78, 5) is 23.8. The largest absolute Gasteiger partial charge is 0.496 e. The van der Waals surface area contributed by atoms with Crippen LogP contribution in [0.2, 0.25) is 0 Å². The van der Waals surface area contributed by atoms with Crippen LogP contribution in [0, 0.1) is 0 Å². The van der Waals surface area contributed by atoms with E-state index in [0.717, 1.165) is 22.4 Å². The number of hydrogen-bond acceptors (Lipinski definition) is 3. The summed E-state index contributed by atoms with van der Waals surface area (Å²) in [6.45, 7) is 12.8. The van der Waals surface area contributed by atoms with Gasteiger partial charge in [-0.15, -0.1) is 0 Å². The van der Waals surface area contributed by atoms with Crippen LogP contribution >= 0.6 is 0 Å². The molecule has 1 aliphatic rings. The van der Waals surface area contributed by atoms with Crippen molar-refractivity contribution in [2.45, 2.75) is 52.4 Å². The Morgan fingerprint density at radius 2 is 1.25 bits per heavy atom. The zero-order chi connectivity index (χ0) is 18.3. The van der Waals surface area contributed by atoms with Gasteiger partial charge in [0.05, 0.1) is 12.7 Å². The standard InChI is InChI=1S/C21H26O3/c1-20(2,3)15-11-13(10-14-17(22)8-9-18(14)23)12-16(19(15)24-7)21(4,5)6/h8-12H,1-7H3. The zero-order valence-corrected chi connectivity index (χ0v) is 15.6. The zero-order valence-electron chi connectivity index (χ0n) is 15.6. The van der Waals surface area contributed by atoms with Gasteiger partial charge in [0.25, 0.3) is 0 Å². The molecule has 0 saturated carbocycles. The molecule has 1 aromatic rings. The van der Waals surface area contributed by atoms with Gasteiger partial charge in [-0.2, -0.15) is 0 Å². The summed E-state index contributed by atoms with van der Waals surface area (Å²) in [6.07, 6.45) is 4.34. The molecule has 0 atom stereocenters. The molecule has 24 heavy (non-hydrogen) atoms. The average molecular weight is 326 g/mol. The lowest BCUT2D eigenvalue weighted by molar-refractivity contribution is -0.115. The Morgan fingerprint density at radius 1 is 0.833 bits per heavy atom. The fraction of sp³-hybridized carbons (Fsp3) is 0.429. The molecule has 3 nitrogen and oxygen atoms in total. The van der Waals surface area contributed by atoms with Gasteiger partial charge < -0.3 is 4.74 Å². The summed E-state index contributed by atoms with van der Waals surface area (Å²) >= 11 is 0. The predicted octanol–water partition coefficient (Wildman–Crippen LogP) is 4.38. The highest BCUT2D eigenvalue weighted by atomic mass is 16.5. The van der Waals surface area contributed by atoms with Gasteiger partial charge in [0.15, 0.2) is 11.6 Å². The van der Waals surface area contributed by atoms with E-state index in [-0.39, 0.29) is 28.0 Å². The van der Waals surface area contributed by atoms with E-state index in [2.05, 4.69) is 41.5 Å². The molecule has 2 rings (SSSR count). The van der Waals surface area contributed by atoms with Crippen LogP contribution in [0.15, 0.2) is 29.9 Å². The molecule has 3 heteroatoms. The number of hydrogen-bond donors (Lipinski definition) is 0. The lowest BCUT2D eigenvalue weighted by Gasteiger charge is -2.29. The van der Waals surface area contributed by atoms with E-state index in [0.29, 0.717) is 0 Å². The number of carbonyl (C=O) groups excluding carboxylic acids is 2. The van der Waals surface area contributed by atoms with Gasteiger partial charge in [0, 0.05) is 11.1 Å². The summed E-state index contributed by atoms with van der Waals surface area (Å²) in [5, 5.41) is 0. The Morgan fingerprint density at radius 3 is 1.58 bits per heavy atom. The van der Waals surface area contributed by atoms with Gasteiger partial charge >= 0.3 is 0 Å². The molecule has 0 saturated heterocycles. The van der Waals surface area contributed by atoms with Crippen LogP contribution in [0.25, 0.3) is 6.08 Å². The summed E-state index contributed by atoms with van der Waals surface area (Å²) in [5.41, 5.74) is 2.96. The normalized spacial score (nSPS) is 15.2. The van der Waals surface area contributed by atoms with E-state index in [4.69, 9.17) is 4.74 Å². The molecular formula is C21H26O3. The highest BCUT2D eigenvalue weighted by Crippen LogP contribution is 2.41. The summed E-state index contributed by atoms with van der Waals surface area (Å²) in [6, 6.07) is 4.03. The molecule has 0 amide bonds. The van der Waals surface area contributed by atoms with Crippen molar-refractivity contribution < 1.29 is 14.3 Å². The van der Waals surface area contributed by atoms with E-state index in [9.17, 15) is 9.59 Å². The van der Waals surface area contributed by atoms with Gasteiger partial charge in [-0.3, -0.25) is 9.59 Å². The van der Waals surface area contributed by atoms with Crippen molar-refractivity contribution in [2.75, 3.05) is 7.11 Å². The molecule has 128 valence electrons. The Balaban J connectivity index is 2.73. The lowest BCUT2D eigenvalue weighted by Crippen LogP contribution is -2.19. The van der Waals surface area contributed by atoms with Crippen molar-refractivity contribution in [3.05, 3.63) is 46.5 Å². The quantitative estimate of drug-likeness (QED) is 0.598. The third-order valence-electron chi connectivity index (χ3n) is 4.16. The molecular weight excluding hydrogens is 300 g/mol. The first-order valence-corrected chi connectivity index (χ1v) is 8.16. The van der Waals surface area contributed by atoms with Gasteiger partial charge in [-0.25, -0.2) is 0 Å². The van der Waals surface area contributed by atoms with Crippen LogP contribution in [0.3, 0.4) is 0 Å². The van der Waals surface area contributed by atoms with Crippen molar-refractivity contribution >= 4 is 17.6 Å². The number of ketones is 2. The Hall–Kier alpha value is -2.16. The molecule has 0 aromatic heterocycles. The van der Waals surface area contributed by atoms with E-state index < -0.39 is 0 Å². The van der Waals surface area contributed by atoms with Crippen molar-refractivity contribution in [3.8, 4) is 5.75 Å². The van der Waals surface area contributed by atoms with Crippen LogP contribution in [0.1, 0.15) is 58.2 Å². The van der Waals surface area contributed by atoms with Gasteiger partial charge in [-0.05, 0) is 46.8 Å². The third kappa shape index (κ3) is 3.50. The maximum absolute atomic E-state index is 11.9. The molecule has 0 N–H and O–H groups in total. The number of allylic oxidation sites excluding steroid dienone is 3. The van der Waals surface area contributed by atoms with Crippen LogP contribution in [-0.4, -0.2) is 18.7 Å². The number of rotatable bonds is 2. The second-order valence-electron chi connectivity index (χ2n) is 8.27. The highest BCUT2D eigenvalue weighted by molar-refractivity contribution is 6.35. The molecule has 0 fully saturated rings. The third-order valence-corrected chi connectivity index (χ3v) is 4.16. The topological polar surface area (TPSA) is 43.4 Å². The minimum Gasteiger partial charge on any atom is -0.496 e. The molecule has 0 unspecified atom stereocenters. The van der Waals surface area contributed by atoms with E-state index in [1.165, 1.54) is 12.2 Å². The molecule has 0 heterocycles. The predicted molar refractivity (Wildman–Crippen MR) is 97.5 cm³/mol. The van der Waals surface area contributed by atoms with Crippen LogP contribution in [0.5, 0.6) is 5.75 Å². The van der Waals surface area contributed by atoms with Crippen molar-refractivity contribution in [1.29, 1.82) is 0 Å². The second-order valence-corrected chi connectivity index (χ2v) is 8.27. The first-order valence-electron chi connectivity index (χ1n) is 8.16. The number of methoxy groups -OCH3 is 1. The summed E-state index contributed by atoms with van der Waals surface area (Å²) in [5.74, 6) is 0.412. The minimum atomic E-state index is -0.231. The molecule has 0 aliphatic heterocycles. The Kier molecular flexibility index (Phi) is 4.58. The van der Waals surface area contributed by atoms with E-state index >= 15 is 0 Å². The Bertz CT molecular complexity index is 695. The van der Waals surface area contributed by atoms with Gasteiger partial charge in [0.2, 0.25) is 0 Å². The Labute approximate surface area is 144 Å². The number of benzene rings is 1. The molecule has 1 aliphatic carbocycles. The highest BCUT2D eigenvalue weighted by Gasteiger charge is 2.28. The first kappa shape index (κ1) is 18.2. The lowest BCUT2D eigenvalue weighted by atomic mass is 9.78. The van der Waals surface area contributed by atoms with Crippen molar-refractivity contribution in [2.24, 2.45) is 0 Å². The van der Waals surface area contributed by atoms with Crippen LogP contribution < -0.4 is 4.74 Å². The molecule has 0 bridgehead atoms. The monoisotopic (exact) mass is 326 g/mol. The second kappa shape index (κ2) is 6.04. The van der Waals surface area contributed by atoms with Crippen molar-refractivity contribution in [1.82, 2.24) is 0 Å². The first-order chi connectivity index (χ1) is 10.9. The number of carbonyl (C=O) groups is 2. The van der Waals surface area contributed by atoms with Gasteiger partial charge in [-0.1, -0.05) is 41.5 Å². The maximum atomic E-state index is 11.9. The maximum Gasteiger partial charge on any atom is 0.189 e. The fourth-order valence-electron chi connectivity index (χ4n) is 2.83. The fourth-order valence-corrected chi connectivity index (χ4v) is 2.83. The smallest absolute Gasteiger partial charge is 0.189 e. The van der Waals surface area contributed by atoms with E-state index in [1.807, 2.05) is 12.1 Å². The average Bonchev–Trinajstić information content (AvgIpc) is 2.76. The minimum absolute atomic E-state index is 0.123. The van der Waals surface area contributed by atoms with Crippen molar-refractivity contribution in [3.63, 3.8) is 0 Å². The van der Waals surface area contributed by atoms with Gasteiger partial charge in [0.1, 0.15) is 5.75 Å². The number of ether oxygens (including phenoxy) is 1. The van der Waals surface area contributed by atoms with E-state index in [1.54, 1.807) is 13.2 Å². The molecule has 0 spiro atoms. The SMILES string of the molecule is COc1c(C(C)(C)C)cc(C=C2C(=O)C=CC2=O)cc1C(C)(C)C. The summed E-state index contributed by atoms with van der Waals surface area (Å²) < 4.78 is 5.73.